The number of halogens is 4. The number of nitrogens with zero attached hydrogens (tertiary/aromatic N) is 4. The first-order chi connectivity index (χ1) is 10.6. The van der Waals surface area contributed by atoms with Gasteiger partial charge in [0.1, 0.15) is 29.6 Å². The van der Waals surface area contributed by atoms with Gasteiger partial charge in [-0.15, -0.1) is 0 Å². The molecule has 0 spiro atoms. The predicted octanol–water partition coefficient (Wildman–Crippen LogP) is 3.61. The van der Waals surface area contributed by atoms with Crippen LogP contribution in [0.4, 0.5) is 24.5 Å². The molecule has 0 unspecified atom stereocenters. The van der Waals surface area contributed by atoms with Crippen molar-refractivity contribution in [3.05, 3.63) is 43.6 Å². The van der Waals surface area contributed by atoms with E-state index in [0.29, 0.717) is 6.07 Å². The highest BCUT2D eigenvalue weighted by atomic mass is 79.9. The van der Waals surface area contributed by atoms with E-state index in [1.54, 1.807) is 0 Å². The molecule has 0 aromatic heterocycles. The van der Waals surface area contributed by atoms with Crippen molar-refractivity contribution in [2.75, 3.05) is 5.32 Å². The molecule has 0 atom stereocenters. The third-order valence-electron chi connectivity index (χ3n) is 2.42. The van der Waals surface area contributed by atoms with E-state index in [2.05, 4.69) is 15.9 Å². The number of hydrogen-bond donors (Lipinski definition) is 1. The Kier molecular flexibility index (Phi) is 5.29. The van der Waals surface area contributed by atoms with Gasteiger partial charge < -0.3 is 5.32 Å². The molecule has 23 heavy (non-hydrogen) atoms. The quantitative estimate of drug-likeness (QED) is 0.480. The largest absolute Gasteiger partial charge is 0.418 e. The van der Waals surface area contributed by atoms with E-state index in [-0.39, 0.29) is 4.47 Å². The van der Waals surface area contributed by atoms with E-state index in [1.807, 2.05) is 5.32 Å². The number of rotatable bonds is 3. The Morgan fingerprint density at radius 1 is 1.22 bits per heavy atom. The molecule has 0 radical (unpaired) electrons. The van der Waals surface area contributed by atoms with Crippen molar-refractivity contribution in [2.24, 2.45) is 0 Å². The lowest BCUT2D eigenvalue weighted by molar-refractivity contribution is -0.384. The van der Waals surface area contributed by atoms with Crippen molar-refractivity contribution >= 4 is 27.3 Å². The van der Waals surface area contributed by atoms with E-state index < -0.39 is 39.3 Å². The number of nitrogens with one attached hydrogen (secondary N) is 1. The van der Waals surface area contributed by atoms with Gasteiger partial charge in [-0.3, -0.25) is 10.1 Å². The van der Waals surface area contributed by atoms with Crippen LogP contribution in [-0.2, 0) is 6.18 Å². The molecule has 11 heteroatoms. The summed E-state index contributed by atoms with van der Waals surface area (Å²) < 4.78 is 39.0. The Labute approximate surface area is 135 Å². The zero-order chi connectivity index (χ0) is 17.8. The highest BCUT2D eigenvalue weighted by Gasteiger charge is 2.38. The summed E-state index contributed by atoms with van der Waals surface area (Å²) in [7, 11) is 0. The zero-order valence-corrected chi connectivity index (χ0v) is 12.4. The molecule has 1 rings (SSSR count). The van der Waals surface area contributed by atoms with E-state index in [4.69, 9.17) is 15.8 Å². The Hall–Kier alpha value is -3.10. The normalized spacial score (nSPS) is 9.96. The van der Waals surface area contributed by atoms with Crippen LogP contribution in [0.15, 0.2) is 27.9 Å². The summed E-state index contributed by atoms with van der Waals surface area (Å²) in [4.78, 5) is 9.89. The maximum atomic E-state index is 13.1. The number of nitro groups is 1. The van der Waals surface area contributed by atoms with Crippen molar-refractivity contribution in [2.45, 2.75) is 6.18 Å². The molecular weight excluding hydrogens is 383 g/mol. The highest BCUT2D eigenvalue weighted by molar-refractivity contribution is 9.10. The fraction of sp³-hybridized carbons (Fsp3) is 0.0833. The van der Waals surface area contributed by atoms with Crippen LogP contribution >= 0.6 is 15.9 Å². The van der Waals surface area contributed by atoms with Crippen LogP contribution in [0.1, 0.15) is 5.56 Å². The summed E-state index contributed by atoms with van der Waals surface area (Å²) in [5.41, 5.74) is -5.08. The first-order valence-electron chi connectivity index (χ1n) is 5.42. The fourth-order valence-electron chi connectivity index (χ4n) is 1.50. The molecule has 0 fully saturated rings. The molecule has 0 aliphatic carbocycles. The molecule has 116 valence electrons. The van der Waals surface area contributed by atoms with Gasteiger partial charge in [-0.05, 0) is 6.07 Å². The smallest absolute Gasteiger partial charge is 0.339 e. The van der Waals surface area contributed by atoms with Crippen LogP contribution in [0.5, 0.6) is 0 Å². The standard InChI is InChI=1S/C12H3BrF3N5O2/c13-7-1-8(12(14,15)16)11(10(2-7)21(22)23)20-9(5-19)6(3-17)4-18/h1-2,20H. The predicted molar refractivity (Wildman–Crippen MR) is 73.3 cm³/mol. The molecule has 0 aliphatic heterocycles. The Morgan fingerprint density at radius 2 is 1.78 bits per heavy atom. The lowest BCUT2D eigenvalue weighted by Gasteiger charge is -2.14. The van der Waals surface area contributed by atoms with Crippen molar-refractivity contribution in [3.63, 3.8) is 0 Å². The number of allylic oxidation sites excluding steroid dienone is 2. The van der Waals surface area contributed by atoms with Gasteiger partial charge in [-0.25, -0.2) is 0 Å². The number of anilines is 1. The summed E-state index contributed by atoms with van der Waals surface area (Å²) in [5, 5.41) is 39.1. The van der Waals surface area contributed by atoms with Crippen molar-refractivity contribution in [1.29, 1.82) is 15.8 Å². The average Bonchev–Trinajstić information content (AvgIpc) is 2.46. The average molecular weight is 386 g/mol. The molecule has 1 aromatic rings. The van der Waals surface area contributed by atoms with Gasteiger partial charge >= 0.3 is 6.18 Å². The Morgan fingerprint density at radius 3 is 2.17 bits per heavy atom. The first-order valence-corrected chi connectivity index (χ1v) is 6.21. The molecule has 0 saturated carbocycles. The zero-order valence-electron chi connectivity index (χ0n) is 10.8. The summed E-state index contributed by atoms with van der Waals surface area (Å²) in [6.07, 6.45) is -4.98. The lowest BCUT2D eigenvalue weighted by Crippen LogP contribution is -2.13. The van der Waals surface area contributed by atoms with Crippen LogP contribution in [-0.4, -0.2) is 4.92 Å². The summed E-state index contributed by atoms with van der Waals surface area (Å²) in [6.45, 7) is 0. The van der Waals surface area contributed by atoms with Crippen LogP contribution in [0, 0.1) is 44.1 Å². The SMILES string of the molecule is N#CC(C#N)=C(C#N)Nc1c([N+](=O)[O-])cc(Br)cc1C(F)(F)F. The van der Waals surface area contributed by atoms with E-state index >= 15 is 0 Å². The third-order valence-corrected chi connectivity index (χ3v) is 2.88. The van der Waals surface area contributed by atoms with Crippen LogP contribution in [0.25, 0.3) is 0 Å². The minimum absolute atomic E-state index is 0.203. The second-order valence-electron chi connectivity index (χ2n) is 3.81. The van der Waals surface area contributed by atoms with Crippen LogP contribution in [0.2, 0.25) is 0 Å². The second-order valence-corrected chi connectivity index (χ2v) is 4.73. The van der Waals surface area contributed by atoms with E-state index in [1.165, 1.54) is 18.2 Å². The summed E-state index contributed by atoms with van der Waals surface area (Å²) in [6, 6.07) is 5.33. The van der Waals surface area contributed by atoms with Gasteiger partial charge in [0.2, 0.25) is 0 Å². The fourth-order valence-corrected chi connectivity index (χ4v) is 1.95. The number of nitriles is 3. The molecule has 7 nitrogen and oxygen atoms in total. The maximum absolute atomic E-state index is 13.1. The molecule has 0 aliphatic rings. The van der Waals surface area contributed by atoms with Crippen molar-refractivity contribution < 1.29 is 18.1 Å². The molecule has 0 bridgehead atoms. The topological polar surface area (TPSA) is 127 Å². The maximum Gasteiger partial charge on any atom is 0.418 e. The second kappa shape index (κ2) is 6.77. The number of benzene rings is 1. The minimum Gasteiger partial charge on any atom is -0.339 e. The Bertz CT molecular complexity index is 811. The van der Waals surface area contributed by atoms with Crippen molar-refractivity contribution in [3.8, 4) is 18.2 Å². The number of hydrogen-bond acceptors (Lipinski definition) is 6. The van der Waals surface area contributed by atoms with Crippen LogP contribution < -0.4 is 5.32 Å². The molecule has 1 N–H and O–H groups in total. The van der Waals surface area contributed by atoms with E-state index in [0.717, 1.165) is 6.07 Å². The molecule has 0 amide bonds. The van der Waals surface area contributed by atoms with Gasteiger partial charge in [0, 0.05) is 10.5 Å². The molecule has 0 heterocycles. The number of nitro benzene ring substituents is 1. The van der Waals surface area contributed by atoms with E-state index in [9.17, 15) is 23.3 Å². The summed E-state index contributed by atoms with van der Waals surface area (Å²) >= 11 is 2.73. The van der Waals surface area contributed by atoms with Gasteiger partial charge in [0.15, 0.2) is 5.57 Å². The monoisotopic (exact) mass is 385 g/mol. The van der Waals surface area contributed by atoms with Crippen molar-refractivity contribution in [1.82, 2.24) is 0 Å². The van der Waals surface area contributed by atoms with Gasteiger partial charge in [-0.2, -0.15) is 29.0 Å². The van der Waals surface area contributed by atoms with Gasteiger partial charge in [-0.1, -0.05) is 15.9 Å². The van der Waals surface area contributed by atoms with Crippen LogP contribution in [0.3, 0.4) is 0 Å². The third kappa shape index (κ3) is 3.96. The van der Waals surface area contributed by atoms with Gasteiger partial charge in [0.25, 0.3) is 5.69 Å². The Balaban J connectivity index is 3.74. The highest BCUT2D eigenvalue weighted by Crippen LogP contribution is 2.42. The first kappa shape index (κ1) is 18.0. The molecular formula is C12H3BrF3N5O2. The molecule has 0 saturated heterocycles. The van der Waals surface area contributed by atoms with Gasteiger partial charge in [0.05, 0.1) is 10.5 Å². The number of alkyl halides is 3. The summed E-state index contributed by atoms with van der Waals surface area (Å²) in [5.74, 6) is 0. The lowest BCUT2D eigenvalue weighted by atomic mass is 10.1. The minimum atomic E-state index is -4.98. The molecule has 1 aromatic carbocycles.